The molecule has 0 saturated heterocycles. The van der Waals surface area contributed by atoms with Gasteiger partial charge in [-0.05, 0) is 24.1 Å². The number of anilines is 1. The van der Waals surface area contributed by atoms with Gasteiger partial charge in [-0.1, -0.05) is 53.5 Å². The van der Waals surface area contributed by atoms with Crippen LogP contribution >= 0.6 is 23.2 Å². The van der Waals surface area contributed by atoms with Gasteiger partial charge in [0.05, 0.1) is 21.3 Å². The number of pyridine rings is 2. The van der Waals surface area contributed by atoms with E-state index in [9.17, 15) is 9.59 Å². The monoisotopic (exact) mass is 438 g/mol. The Bertz CT molecular complexity index is 1220. The maximum absolute atomic E-state index is 12.9. The number of benzene rings is 1. The molecule has 150 valence electrons. The number of nitrogens with one attached hydrogen (secondary N) is 1. The molecule has 0 unspecified atom stereocenters. The third-order valence-electron chi connectivity index (χ3n) is 4.66. The summed E-state index contributed by atoms with van der Waals surface area (Å²) in [6, 6.07) is 13.5. The Hall–Kier alpha value is -3.22. The van der Waals surface area contributed by atoms with Crippen LogP contribution in [-0.4, -0.2) is 26.2 Å². The lowest BCUT2D eigenvalue weighted by Gasteiger charge is -2.07. The number of hydrogen-bond acceptors (Lipinski definition) is 4. The standard InChI is InChI=1S/C22H16Cl2N4O2/c23-17-11-25-12-18(24)19(17)27-22(30)20(29)16-13-28(21-15(16)7-4-9-26-21)10-8-14-5-2-1-3-6-14/h1-7,9,11-13H,8,10H2,(H,25,27,30). The highest BCUT2D eigenvalue weighted by Gasteiger charge is 2.23. The summed E-state index contributed by atoms with van der Waals surface area (Å²) in [5.41, 5.74) is 2.23. The SMILES string of the molecule is O=C(Nc1c(Cl)cncc1Cl)C(=O)c1cn(CCc2ccccc2)c2ncccc12. The van der Waals surface area contributed by atoms with Crippen molar-refractivity contribution in [3.8, 4) is 0 Å². The van der Waals surface area contributed by atoms with Crippen molar-refractivity contribution in [2.45, 2.75) is 13.0 Å². The molecule has 0 bridgehead atoms. The van der Waals surface area contributed by atoms with Gasteiger partial charge in [-0.2, -0.15) is 0 Å². The molecular weight excluding hydrogens is 423 g/mol. The highest BCUT2D eigenvalue weighted by atomic mass is 35.5. The van der Waals surface area contributed by atoms with E-state index in [4.69, 9.17) is 23.2 Å². The summed E-state index contributed by atoms with van der Waals surface area (Å²) >= 11 is 12.1. The molecule has 1 amide bonds. The molecule has 30 heavy (non-hydrogen) atoms. The molecule has 1 aromatic carbocycles. The van der Waals surface area contributed by atoms with Crippen molar-refractivity contribution < 1.29 is 9.59 Å². The molecule has 0 saturated carbocycles. The number of halogens is 2. The van der Waals surface area contributed by atoms with E-state index in [1.807, 2.05) is 34.9 Å². The number of rotatable bonds is 6. The topological polar surface area (TPSA) is 76.9 Å². The Morgan fingerprint density at radius 3 is 2.47 bits per heavy atom. The molecule has 0 fully saturated rings. The molecule has 4 aromatic rings. The van der Waals surface area contributed by atoms with Crippen LogP contribution in [0.5, 0.6) is 0 Å². The molecule has 3 aromatic heterocycles. The highest BCUT2D eigenvalue weighted by molar-refractivity contribution is 6.50. The van der Waals surface area contributed by atoms with Gasteiger partial charge in [0, 0.05) is 36.7 Å². The van der Waals surface area contributed by atoms with Crippen LogP contribution < -0.4 is 5.32 Å². The fourth-order valence-corrected chi connectivity index (χ4v) is 3.65. The zero-order valence-corrected chi connectivity index (χ0v) is 17.2. The van der Waals surface area contributed by atoms with E-state index in [2.05, 4.69) is 15.3 Å². The summed E-state index contributed by atoms with van der Waals surface area (Å²) in [5.74, 6) is -1.54. The summed E-state index contributed by atoms with van der Waals surface area (Å²) in [6.45, 7) is 0.619. The number of aryl methyl sites for hydroxylation is 2. The average molecular weight is 439 g/mol. The number of ketones is 1. The van der Waals surface area contributed by atoms with Crippen LogP contribution in [0.25, 0.3) is 11.0 Å². The second-order valence-electron chi connectivity index (χ2n) is 6.61. The minimum absolute atomic E-state index is 0.149. The summed E-state index contributed by atoms with van der Waals surface area (Å²) in [6.07, 6.45) is 6.77. The smallest absolute Gasteiger partial charge is 0.296 e. The van der Waals surface area contributed by atoms with Crippen molar-refractivity contribution in [1.82, 2.24) is 14.5 Å². The van der Waals surface area contributed by atoms with Crippen LogP contribution in [0, 0.1) is 0 Å². The van der Waals surface area contributed by atoms with Crippen LogP contribution in [-0.2, 0) is 17.8 Å². The van der Waals surface area contributed by atoms with Gasteiger partial charge in [0.25, 0.3) is 11.7 Å². The molecule has 3 heterocycles. The Kier molecular flexibility index (Phi) is 5.79. The first-order valence-corrected chi connectivity index (χ1v) is 9.92. The Morgan fingerprint density at radius 2 is 1.73 bits per heavy atom. The van der Waals surface area contributed by atoms with Gasteiger partial charge in [-0.25, -0.2) is 4.98 Å². The number of hydrogen-bond donors (Lipinski definition) is 1. The van der Waals surface area contributed by atoms with E-state index >= 15 is 0 Å². The first kappa shape index (κ1) is 20.1. The highest BCUT2D eigenvalue weighted by Crippen LogP contribution is 2.29. The summed E-state index contributed by atoms with van der Waals surface area (Å²) in [5, 5.41) is 3.39. The number of aromatic nitrogens is 3. The molecule has 8 heteroatoms. The molecule has 0 aliphatic heterocycles. The molecule has 4 rings (SSSR count). The predicted molar refractivity (Wildman–Crippen MR) is 117 cm³/mol. The van der Waals surface area contributed by atoms with Crippen molar-refractivity contribution in [2.75, 3.05) is 5.32 Å². The van der Waals surface area contributed by atoms with E-state index in [0.717, 1.165) is 6.42 Å². The fourth-order valence-electron chi connectivity index (χ4n) is 3.19. The number of nitrogens with zero attached hydrogens (tertiary/aromatic N) is 3. The van der Waals surface area contributed by atoms with Crippen LogP contribution in [0.3, 0.4) is 0 Å². The zero-order valence-electron chi connectivity index (χ0n) is 15.7. The van der Waals surface area contributed by atoms with Crippen molar-refractivity contribution in [3.63, 3.8) is 0 Å². The van der Waals surface area contributed by atoms with Crippen LogP contribution in [0.4, 0.5) is 5.69 Å². The molecule has 6 nitrogen and oxygen atoms in total. The van der Waals surface area contributed by atoms with Gasteiger partial charge < -0.3 is 9.88 Å². The van der Waals surface area contributed by atoms with E-state index in [-0.39, 0.29) is 21.3 Å². The molecule has 0 atom stereocenters. The second-order valence-corrected chi connectivity index (χ2v) is 7.42. The number of Topliss-reactive ketones (excluding diaryl/α,β-unsaturated/α-hetero) is 1. The molecular formula is C22H16Cl2N4O2. The summed E-state index contributed by atoms with van der Waals surface area (Å²) in [7, 11) is 0. The number of carbonyl (C=O) groups excluding carboxylic acids is 2. The first-order chi connectivity index (χ1) is 14.5. The molecule has 0 aliphatic rings. The maximum Gasteiger partial charge on any atom is 0.296 e. The minimum atomic E-state index is -0.837. The fraction of sp³-hybridized carbons (Fsp3) is 0.0909. The zero-order chi connectivity index (χ0) is 21.1. The van der Waals surface area contributed by atoms with Crippen molar-refractivity contribution >= 4 is 51.6 Å². The van der Waals surface area contributed by atoms with Crippen molar-refractivity contribution in [1.29, 1.82) is 0 Å². The van der Waals surface area contributed by atoms with Crippen LogP contribution in [0.15, 0.2) is 67.3 Å². The Morgan fingerprint density at radius 1 is 1.00 bits per heavy atom. The van der Waals surface area contributed by atoms with Gasteiger partial charge in [0.15, 0.2) is 0 Å². The number of amides is 1. The van der Waals surface area contributed by atoms with Gasteiger partial charge in [-0.3, -0.25) is 14.6 Å². The van der Waals surface area contributed by atoms with E-state index in [1.165, 1.54) is 18.0 Å². The van der Waals surface area contributed by atoms with Crippen LogP contribution in [0.1, 0.15) is 15.9 Å². The molecule has 0 spiro atoms. The minimum Gasteiger partial charge on any atom is -0.331 e. The number of carbonyl (C=O) groups is 2. The molecule has 0 radical (unpaired) electrons. The van der Waals surface area contributed by atoms with Gasteiger partial charge in [0.1, 0.15) is 5.65 Å². The molecule has 1 N–H and O–H groups in total. The third kappa shape index (κ3) is 4.06. The van der Waals surface area contributed by atoms with Crippen molar-refractivity contribution in [2.24, 2.45) is 0 Å². The van der Waals surface area contributed by atoms with E-state index in [0.29, 0.717) is 17.6 Å². The van der Waals surface area contributed by atoms with E-state index in [1.54, 1.807) is 24.5 Å². The molecule has 0 aliphatic carbocycles. The summed E-state index contributed by atoms with van der Waals surface area (Å²) < 4.78 is 1.88. The lowest BCUT2D eigenvalue weighted by atomic mass is 10.1. The number of fused-ring (bicyclic) bond motifs is 1. The quantitative estimate of drug-likeness (QED) is 0.346. The van der Waals surface area contributed by atoms with Gasteiger partial charge in [-0.15, -0.1) is 0 Å². The third-order valence-corrected chi connectivity index (χ3v) is 5.23. The van der Waals surface area contributed by atoms with Crippen molar-refractivity contribution in [3.05, 3.63) is 88.4 Å². The first-order valence-electron chi connectivity index (χ1n) is 9.17. The van der Waals surface area contributed by atoms with Crippen LogP contribution in [0.2, 0.25) is 10.0 Å². The van der Waals surface area contributed by atoms with Gasteiger partial charge in [0.2, 0.25) is 0 Å². The Labute approximate surface area is 182 Å². The lowest BCUT2D eigenvalue weighted by molar-refractivity contribution is -0.112. The summed E-state index contributed by atoms with van der Waals surface area (Å²) in [4.78, 5) is 33.8. The average Bonchev–Trinajstić information content (AvgIpc) is 3.14. The second kappa shape index (κ2) is 8.65. The lowest BCUT2D eigenvalue weighted by Crippen LogP contribution is -2.23. The largest absolute Gasteiger partial charge is 0.331 e. The Balaban J connectivity index is 1.62. The predicted octanol–water partition coefficient (Wildman–Crippen LogP) is 4.80. The van der Waals surface area contributed by atoms with E-state index < -0.39 is 11.7 Å². The maximum atomic E-state index is 12.9. The normalized spacial score (nSPS) is 10.9. The van der Waals surface area contributed by atoms with Gasteiger partial charge >= 0.3 is 0 Å².